The summed E-state index contributed by atoms with van der Waals surface area (Å²) in [4.78, 5) is 0. The summed E-state index contributed by atoms with van der Waals surface area (Å²) in [5, 5.41) is 10.3. The molecule has 0 spiro atoms. The zero-order valence-corrected chi connectivity index (χ0v) is 11.4. The van der Waals surface area contributed by atoms with Crippen molar-refractivity contribution in [3.63, 3.8) is 0 Å². The minimum Gasteiger partial charge on any atom is -0.497 e. The van der Waals surface area contributed by atoms with Crippen molar-refractivity contribution < 1.29 is 9.84 Å². The Balaban J connectivity index is 1.83. The third-order valence-corrected chi connectivity index (χ3v) is 4.31. The van der Waals surface area contributed by atoms with Gasteiger partial charge in [-0.2, -0.15) is 0 Å². The lowest BCUT2D eigenvalue weighted by Gasteiger charge is -2.22. The summed E-state index contributed by atoms with van der Waals surface area (Å²) >= 11 is 0. The monoisotopic (exact) mass is 248 g/mol. The molecular formula is C16H24O2. The van der Waals surface area contributed by atoms with Crippen LogP contribution in [0.2, 0.25) is 0 Å². The number of rotatable bonds is 5. The fourth-order valence-electron chi connectivity index (χ4n) is 3.07. The lowest BCUT2D eigenvalue weighted by atomic mass is 9.89. The molecule has 1 saturated carbocycles. The van der Waals surface area contributed by atoms with E-state index in [4.69, 9.17) is 4.74 Å². The van der Waals surface area contributed by atoms with Gasteiger partial charge in [-0.1, -0.05) is 31.9 Å². The zero-order chi connectivity index (χ0) is 13.0. The summed E-state index contributed by atoms with van der Waals surface area (Å²) in [6.45, 7) is 2.27. The number of benzene rings is 1. The molecule has 0 aromatic heterocycles. The normalized spacial score (nSPS) is 25.1. The van der Waals surface area contributed by atoms with Crippen LogP contribution in [0.5, 0.6) is 5.75 Å². The molecule has 0 amide bonds. The topological polar surface area (TPSA) is 29.5 Å². The van der Waals surface area contributed by atoms with Crippen molar-refractivity contribution >= 4 is 0 Å². The average molecular weight is 248 g/mol. The van der Waals surface area contributed by atoms with Crippen LogP contribution in [0.1, 0.15) is 38.2 Å². The van der Waals surface area contributed by atoms with Crippen LogP contribution in [0.15, 0.2) is 24.3 Å². The molecule has 1 aromatic rings. The summed E-state index contributed by atoms with van der Waals surface area (Å²) < 4.78 is 5.14. The van der Waals surface area contributed by atoms with Crippen LogP contribution in [-0.2, 0) is 6.42 Å². The summed E-state index contributed by atoms with van der Waals surface area (Å²) in [5.74, 6) is 2.10. The van der Waals surface area contributed by atoms with Crippen LogP contribution in [-0.4, -0.2) is 18.3 Å². The van der Waals surface area contributed by atoms with Crippen molar-refractivity contribution in [1.29, 1.82) is 0 Å². The third kappa shape index (κ3) is 3.26. The second-order valence-electron chi connectivity index (χ2n) is 5.53. The van der Waals surface area contributed by atoms with E-state index in [1.54, 1.807) is 7.11 Å². The molecule has 0 heterocycles. The van der Waals surface area contributed by atoms with Crippen LogP contribution in [0.3, 0.4) is 0 Å². The maximum Gasteiger partial charge on any atom is 0.118 e. The van der Waals surface area contributed by atoms with Crippen molar-refractivity contribution in [3.8, 4) is 5.75 Å². The maximum atomic E-state index is 10.3. The molecule has 0 radical (unpaired) electrons. The van der Waals surface area contributed by atoms with Crippen LogP contribution in [0.25, 0.3) is 0 Å². The fourth-order valence-corrected chi connectivity index (χ4v) is 3.07. The Hall–Kier alpha value is -1.02. The Kier molecular flexibility index (Phi) is 4.65. The molecule has 1 fully saturated rings. The molecule has 1 N–H and O–H groups in total. The first-order valence-corrected chi connectivity index (χ1v) is 7.01. The van der Waals surface area contributed by atoms with E-state index >= 15 is 0 Å². The highest BCUT2D eigenvalue weighted by atomic mass is 16.5. The van der Waals surface area contributed by atoms with Crippen molar-refractivity contribution in [1.82, 2.24) is 0 Å². The molecule has 0 aliphatic heterocycles. The predicted molar refractivity (Wildman–Crippen MR) is 73.8 cm³/mol. The number of aliphatic hydroxyl groups excluding tert-OH is 1. The van der Waals surface area contributed by atoms with Crippen LogP contribution in [0, 0.1) is 11.8 Å². The molecule has 2 nitrogen and oxygen atoms in total. The van der Waals surface area contributed by atoms with E-state index in [-0.39, 0.29) is 6.10 Å². The molecular weight excluding hydrogens is 224 g/mol. The molecule has 1 aliphatic carbocycles. The van der Waals surface area contributed by atoms with Crippen molar-refractivity contribution in [2.45, 2.75) is 45.1 Å². The minimum atomic E-state index is -0.135. The van der Waals surface area contributed by atoms with Gasteiger partial charge in [0.05, 0.1) is 13.2 Å². The van der Waals surface area contributed by atoms with Gasteiger partial charge in [0, 0.05) is 0 Å². The molecule has 18 heavy (non-hydrogen) atoms. The lowest BCUT2D eigenvalue weighted by molar-refractivity contribution is 0.0822. The SMILES string of the molecule is COc1ccc(CCC(O)C2CCCC2C)cc1. The van der Waals surface area contributed by atoms with Gasteiger partial charge in [0.2, 0.25) is 0 Å². The van der Waals surface area contributed by atoms with Crippen molar-refractivity contribution in [2.24, 2.45) is 11.8 Å². The van der Waals surface area contributed by atoms with E-state index in [2.05, 4.69) is 19.1 Å². The second-order valence-corrected chi connectivity index (χ2v) is 5.53. The van der Waals surface area contributed by atoms with E-state index < -0.39 is 0 Å². The van der Waals surface area contributed by atoms with Gasteiger partial charge >= 0.3 is 0 Å². The highest BCUT2D eigenvalue weighted by Gasteiger charge is 2.29. The number of aliphatic hydroxyl groups is 1. The number of hydrogen-bond acceptors (Lipinski definition) is 2. The molecule has 3 unspecified atom stereocenters. The molecule has 1 aromatic carbocycles. The van der Waals surface area contributed by atoms with Crippen LogP contribution in [0.4, 0.5) is 0 Å². The Morgan fingerprint density at radius 3 is 2.56 bits per heavy atom. The van der Waals surface area contributed by atoms with E-state index in [0.717, 1.165) is 18.6 Å². The standard InChI is InChI=1S/C16H24O2/c1-12-4-3-5-15(12)16(17)11-8-13-6-9-14(18-2)10-7-13/h6-7,9-10,12,15-17H,3-5,8,11H2,1-2H3. The number of hydrogen-bond donors (Lipinski definition) is 1. The summed E-state index contributed by atoms with van der Waals surface area (Å²) in [5.41, 5.74) is 1.28. The number of aryl methyl sites for hydroxylation is 1. The summed E-state index contributed by atoms with van der Waals surface area (Å²) in [6, 6.07) is 8.15. The first-order valence-electron chi connectivity index (χ1n) is 7.01. The first-order chi connectivity index (χ1) is 8.70. The molecule has 2 heteroatoms. The van der Waals surface area contributed by atoms with E-state index in [0.29, 0.717) is 11.8 Å². The van der Waals surface area contributed by atoms with Gasteiger partial charge in [0.25, 0.3) is 0 Å². The van der Waals surface area contributed by atoms with Gasteiger partial charge in [-0.3, -0.25) is 0 Å². The molecule has 100 valence electrons. The minimum absolute atomic E-state index is 0.135. The smallest absolute Gasteiger partial charge is 0.118 e. The lowest BCUT2D eigenvalue weighted by Crippen LogP contribution is -2.23. The predicted octanol–water partition coefficient (Wildman–Crippen LogP) is 3.42. The van der Waals surface area contributed by atoms with Crippen molar-refractivity contribution in [3.05, 3.63) is 29.8 Å². The van der Waals surface area contributed by atoms with Crippen molar-refractivity contribution in [2.75, 3.05) is 7.11 Å². The maximum absolute atomic E-state index is 10.3. The second kappa shape index (κ2) is 6.24. The molecule has 0 bridgehead atoms. The number of methoxy groups -OCH3 is 1. The Morgan fingerprint density at radius 1 is 1.28 bits per heavy atom. The van der Waals surface area contributed by atoms with Gasteiger partial charge in [0.15, 0.2) is 0 Å². The fraction of sp³-hybridized carbons (Fsp3) is 0.625. The van der Waals surface area contributed by atoms with E-state index in [1.807, 2.05) is 12.1 Å². The molecule has 3 atom stereocenters. The molecule has 2 rings (SSSR count). The Labute approximate surface area is 110 Å². The van der Waals surface area contributed by atoms with Gasteiger partial charge < -0.3 is 9.84 Å². The number of ether oxygens (including phenoxy) is 1. The average Bonchev–Trinajstić information content (AvgIpc) is 2.83. The van der Waals surface area contributed by atoms with E-state index in [9.17, 15) is 5.11 Å². The van der Waals surface area contributed by atoms with Crippen LogP contribution < -0.4 is 4.74 Å². The first kappa shape index (κ1) is 13.4. The largest absolute Gasteiger partial charge is 0.497 e. The highest BCUT2D eigenvalue weighted by molar-refractivity contribution is 5.27. The third-order valence-electron chi connectivity index (χ3n) is 4.31. The Bertz CT molecular complexity index is 358. The molecule has 1 aliphatic rings. The summed E-state index contributed by atoms with van der Waals surface area (Å²) in [6.07, 6.45) is 5.46. The summed E-state index contributed by atoms with van der Waals surface area (Å²) in [7, 11) is 1.68. The zero-order valence-electron chi connectivity index (χ0n) is 11.4. The Morgan fingerprint density at radius 2 is 2.00 bits per heavy atom. The molecule has 0 saturated heterocycles. The van der Waals surface area contributed by atoms with Gasteiger partial charge in [-0.25, -0.2) is 0 Å². The van der Waals surface area contributed by atoms with Gasteiger partial charge in [-0.05, 0) is 48.8 Å². The van der Waals surface area contributed by atoms with Gasteiger partial charge in [0.1, 0.15) is 5.75 Å². The quantitative estimate of drug-likeness (QED) is 0.865. The van der Waals surface area contributed by atoms with E-state index in [1.165, 1.54) is 24.8 Å². The highest BCUT2D eigenvalue weighted by Crippen LogP contribution is 2.34. The van der Waals surface area contributed by atoms with Gasteiger partial charge in [-0.15, -0.1) is 0 Å². The van der Waals surface area contributed by atoms with Crippen LogP contribution >= 0.6 is 0 Å².